The molecule has 0 bridgehead atoms. The summed E-state index contributed by atoms with van der Waals surface area (Å²) >= 11 is 0. The summed E-state index contributed by atoms with van der Waals surface area (Å²) in [6, 6.07) is 6.14. The highest BCUT2D eigenvalue weighted by molar-refractivity contribution is 5.28. The lowest BCUT2D eigenvalue weighted by molar-refractivity contribution is -0.274. The third-order valence-electron chi connectivity index (χ3n) is 2.46. The minimum Gasteiger partial charge on any atom is -0.406 e. The molecule has 0 spiro atoms. The molecule has 5 heteroatoms. The van der Waals surface area contributed by atoms with E-state index >= 15 is 0 Å². The van der Waals surface area contributed by atoms with Crippen LogP contribution >= 0.6 is 0 Å². The normalized spacial score (nSPS) is 13.4. The third kappa shape index (κ3) is 5.91. The van der Waals surface area contributed by atoms with Gasteiger partial charge in [-0.15, -0.1) is 13.2 Å². The minimum absolute atomic E-state index is 0.157. The van der Waals surface area contributed by atoms with E-state index < -0.39 is 6.36 Å². The Morgan fingerprint density at radius 3 is 2.67 bits per heavy atom. The second kappa shape index (κ2) is 6.64. The average molecular weight is 261 g/mol. The second-order valence-electron chi connectivity index (χ2n) is 4.31. The predicted molar refractivity (Wildman–Crippen MR) is 64.5 cm³/mol. The number of halogens is 3. The molecule has 0 amide bonds. The van der Waals surface area contributed by atoms with Gasteiger partial charge >= 0.3 is 6.36 Å². The molecule has 1 aromatic rings. The second-order valence-corrected chi connectivity index (χ2v) is 4.31. The van der Waals surface area contributed by atoms with E-state index in [-0.39, 0.29) is 5.75 Å². The maximum Gasteiger partial charge on any atom is 0.573 e. The summed E-state index contributed by atoms with van der Waals surface area (Å²) < 4.78 is 40.1. The highest BCUT2D eigenvalue weighted by Crippen LogP contribution is 2.24. The van der Waals surface area contributed by atoms with Crippen molar-refractivity contribution < 1.29 is 17.9 Å². The lowest BCUT2D eigenvalue weighted by atomic mass is 10.0. The molecule has 1 rings (SSSR count). The van der Waals surface area contributed by atoms with Gasteiger partial charge in [-0.05, 0) is 43.1 Å². The van der Waals surface area contributed by atoms with Gasteiger partial charge in [0.2, 0.25) is 0 Å². The monoisotopic (exact) mass is 261 g/mol. The smallest absolute Gasteiger partial charge is 0.406 e. The first-order valence-corrected chi connectivity index (χ1v) is 5.96. The van der Waals surface area contributed by atoms with Crippen LogP contribution in [0.25, 0.3) is 0 Å². The lowest BCUT2D eigenvalue weighted by Gasteiger charge is -2.13. The Hall–Kier alpha value is -1.23. The van der Waals surface area contributed by atoms with Crippen LogP contribution in [0.3, 0.4) is 0 Å². The molecule has 18 heavy (non-hydrogen) atoms. The molecular weight excluding hydrogens is 243 g/mol. The van der Waals surface area contributed by atoms with Gasteiger partial charge in [-0.1, -0.05) is 26.0 Å². The summed E-state index contributed by atoms with van der Waals surface area (Å²) in [4.78, 5) is 0. The molecule has 102 valence electrons. The quantitative estimate of drug-likeness (QED) is 0.847. The van der Waals surface area contributed by atoms with E-state index in [9.17, 15) is 13.2 Å². The predicted octanol–water partition coefficient (Wildman–Crippen LogP) is 3.37. The van der Waals surface area contributed by atoms with Crippen LogP contribution in [0.15, 0.2) is 24.3 Å². The Labute approximate surface area is 105 Å². The third-order valence-corrected chi connectivity index (χ3v) is 2.46. The van der Waals surface area contributed by atoms with E-state index in [1.807, 2.05) is 13.0 Å². The van der Waals surface area contributed by atoms with Gasteiger partial charge in [0.05, 0.1) is 0 Å². The van der Waals surface area contributed by atoms with Crippen LogP contribution in [0.5, 0.6) is 5.75 Å². The number of nitrogens with one attached hydrogen (secondary N) is 1. The van der Waals surface area contributed by atoms with Crippen molar-refractivity contribution in [3.05, 3.63) is 29.8 Å². The van der Waals surface area contributed by atoms with Crippen LogP contribution in [0.1, 0.15) is 19.4 Å². The highest BCUT2D eigenvalue weighted by Gasteiger charge is 2.31. The summed E-state index contributed by atoms with van der Waals surface area (Å²) in [5.41, 5.74) is 0.849. The van der Waals surface area contributed by atoms with Crippen LogP contribution < -0.4 is 10.1 Å². The van der Waals surface area contributed by atoms with Crippen molar-refractivity contribution in [1.82, 2.24) is 5.32 Å². The van der Waals surface area contributed by atoms with Gasteiger partial charge < -0.3 is 10.1 Å². The number of hydrogen-bond acceptors (Lipinski definition) is 2. The van der Waals surface area contributed by atoms with Crippen LogP contribution in [0.4, 0.5) is 13.2 Å². The van der Waals surface area contributed by atoms with Gasteiger partial charge in [-0.25, -0.2) is 0 Å². The summed E-state index contributed by atoms with van der Waals surface area (Å²) in [6.07, 6.45) is -3.91. The first-order chi connectivity index (χ1) is 8.40. The molecule has 0 aliphatic heterocycles. The molecule has 0 radical (unpaired) electrons. The van der Waals surface area contributed by atoms with Gasteiger partial charge in [0.1, 0.15) is 5.75 Å². The lowest BCUT2D eigenvalue weighted by Crippen LogP contribution is -2.22. The average Bonchev–Trinajstić information content (AvgIpc) is 2.24. The van der Waals surface area contributed by atoms with Gasteiger partial charge in [0.25, 0.3) is 0 Å². The zero-order chi connectivity index (χ0) is 13.6. The number of ether oxygens (including phenoxy) is 1. The fraction of sp³-hybridized carbons (Fsp3) is 0.538. The van der Waals surface area contributed by atoms with Crippen LogP contribution in [-0.2, 0) is 6.42 Å². The zero-order valence-corrected chi connectivity index (χ0v) is 10.6. The molecule has 0 heterocycles. The molecule has 1 N–H and O–H groups in total. The van der Waals surface area contributed by atoms with Crippen molar-refractivity contribution >= 4 is 0 Å². The number of rotatable bonds is 6. The Balaban J connectivity index is 2.59. The summed E-state index contributed by atoms with van der Waals surface area (Å²) in [6.45, 7) is 5.81. The van der Waals surface area contributed by atoms with Crippen molar-refractivity contribution in [3.63, 3.8) is 0 Å². The van der Waals surface area contributed by atoms with E-state index in [1.165, 1.54) is 12.1 Å². The van der Waals surface area contributed by atoms with Gasteiger partial charge in [-0.3, -0.25) is 0 Å². The fourth-order valence-corrected chi connectivity index (χ4v) is 1.73. The molecule has 0 saturated heterocycles. The maximum absolute atomic E-state index is 12.1. The summed E-state index contributed by atoms with van der Waals surface area (Å²) in [7, 11) is 0. The fourth-order valence-electron chi connectivity index (χ4n) is 1.73. The molecule has 2 nitrogen and oxygen atoms in total. The topological polar surface area (TPSA) is 21.3 Å². The molecule has 0 fully saturated rings. The summed E-state index contributed by atoms with van der Waals surface area (Å²) in [5.74, 6) is 0.210. The Bertz CT molecular complexity index is 365. The first-order valence-electron chi connectivity index (χ1n) is 5.96. The van der Waals surface area contributed by atoms with Crippen molar-refractivity contribution in [2.75, 3.05) is 13.1 Å². The largest absolute Gasteiger partial charge is 0.573 e. The van der Waals surface area contributed by atoms with E-state index in [0.717, 1.165) is 25.1 Å². The van der Waals surface area contributed by atoms with E-state index in [1.54, 1.807) is 6.07 Å². The highest BCUT2D eigenvalue weighted by atomic mass is 19.4. The molecule has 1 aromatic carbocycles. The van der Waals surface area contributed by atoms with Crippen molar-refractivity contribution in [2.24, 2.45) is 5.92 Å². The SMILES string of the molecule is CCNCC(C)Cc1cccc(OC(F)(F)F)c1. The molecule has 0 saturated carbocycles. The van der Waals surface area contributed by atoms with Gasteiger partial charge in [0.15, 0.2) is 0 Å². The van der Waals surface area contributed by atoms with Gasteiger partial charge in [0, 0.05) is 0 Å². The molecule has 0 aromatic heterocycles. The minimum atomic E-state index is -4.63. The van der Waals surface area contributed by atoms with E-state index in [0.29, 0.717) is 5.92 Å². The van der Waals surface area contributed by atoms with Crippen molar-refractivity contribution in [1.29, 1.82) is 0 Å². The maximum atomic E-state index is 12.1. The van der Waals surface area contributed by atoms with E-state index in [2.05, 4.69) is 17.0 Å². The zero-order valence-electron chi connectivity index (χ0n) is 10.6. The number of alkyl halides is 3. The Morgan fingerprint density at radius 2 is 2.06 bits per heavy atom. The van der Waals surface area contributed by atoms with E-state index in [4.69, 9.17) is 0 Å². The Kier molecular flexibility index (Phi) is 5.47. The number of hydrogen-bond donors (Lipinski definition) is 1. The molecule has 0 aliphatic rings. The van der Waals surface area contributed by atoms with Crippen LogP contribution in [0.2, 0.25) is 0 Å². The summed E-state index contributed by atoms with van der Waals surface area (Å²) in [5, 5.41) is 3.21. The van der Waals surface area contributed by atoms with Crippen LogP contribution in [0, 0.1) is 5.92 Å². The van der Waals surface area contributed by atoms with Gasteiger partial charge in [-0.2, -0.15) is 0 Å². The standard InChI is InChI=1S/C13H18F3NO/c1-3-17-9-10(2)7-11-5-4-6-12(8-11)18-13(14,15)16/h4-6,8,10,17H,3,7,9H2,1-2H3. The first kappa shape index (κ1) is 14.8. The van der Waals surface area contributed by atoms with Crippen molar-refractivity contribution in [2.45, 2.75) is 26.6 Å². The Morgan fingerprint density at radius 1 is 1.33 bits per heavy atom. The molecule has 1 unspecified atom stereocenters. The van der Waals surface area contributed by atoms with Crippen LogP contribution in [-0.4, -0.2) is 19.5 Å². The molecule has 1 atom stereocenters. The molecule has 0 aliphatic carbocycles. The number of benzene rings is 1. The molecular formula is C13H18F3NO. The van der Waals surface area contributed by atoms with Crippen molar-refractivity contribution in [3.8, 4) is 5.75 Å².